The van der Waals surface area contributed by atoms with Crippen LogP contribution in [0.5, 0.6) is 0 Å². The molecule has 7 nitrogen and oxygen atoms in total. The van der Waals surface area contributed by atoms with Crippen molar-refractivity contribution in [2.45, 2.75) is 19.9 Å². The number of ether oxygens (including phenoxy) is 1. The molecule has 1 aromatic heterocycles. The number of anilines is 2. The van der Waals surface area contributed by atoms with Gasteiger partial charge in [-0.3, -0.25) is 14.5 Å². The summed E-state index contributed by atoms with van der Waals surface area (Å²) in [5, 5.41) is 5.45. The van der Waals surface area contributed by atoms with Crippen molar-refractivity contribution in [1.29, 1.82) is 0 Å². The lowest BCUT2D eigenvalue weighted by molar-refractivity contribution is -0.122. The molecule has 0 radical (unpaired) electrons. The third-order valence-corrected chi connectivity index (χ3v) is 6.92. The van der Waals surface area contributed by atoms with Gasteiger partial charge in [0.15, 0.2) is 5.13 Å². The number of benzene rings is 1. The molecule has 2 saturated heterocycles. The number of thiazole rings is 1. The SMILES string of the molecule is Cc1cc(N2CC(C(=O)Nc3nc(CN4CCOCC4)cs3)CC2=O)ccc1Br. The lowest BCUT2D eigenvalue weighted by atomic mass is 10.1. The van der Waals surface area contributed by atoms with Gasteiger partial charge in [-0.15, -0.1) is 11.3 Å². The number of nitrogens with one attached hydrogen (secondary N) is 1. The summed E-state index contributed by atoms with van der Waals surface area (Å²) in [5.41, 5.74) is 2.83. The minimum atomic E-state index is -0.377. The lowest BCUT2D eigenvalue weighted by Gasteiger charge is -2.25. The molecular formula is C20H23BrN4O3S. The number of hydrogen-bond donors (Lipinski definition) is 1. The molecule has 2 amide bonds. The molecule has 1 N–H and O–H groups in total. The Morgan fingerprint density at radius 1 is 1.38 bits per heavy atom. The van der Waals surface area contributed by atoms with Crippen molar-refractivity contribution in [3.8, 4) is 0 Å². The number of rotatable bonds is 5. The molecule has 1 unspecified atom stereocenters. The molecule has 2 aliphatic heterocycles. The Morgan fingerprint density at radius 3 is 2.93 bits per heavy atom. The van der Waals surface area contributed by atoms with E-state index in [4.69, 9.17) is 4.74 Å². The molecule has 0 saturated carbocycles. The van der Waals surface area contributed by atoms with Crippen LogP contribution in [0.4, 0.5) is 10.8 Å². The van der Waals surface area contributed by atoms with Gasteiger partial charge >= 0.3 is 0 Å². The number of aromatic nitrogens is 1. The van der Waals surface area contributed by atoms with Crippen LogP contribution in [0, 0.1) is 12.8 Å². The van der Waals surface area contributed by atoms with E-state index in [9.17, 15) is 9.59 Å². The molecule has 0 spiro atoms. The molecule has 1 aromatic carbocycles. The Bertz CT molecular complexity index is 913. The molecule has 2 aliphatic rings. The summed E-state index contributed by atoms with van der Waals surface area (Å²) < 4.78 is 6.36. The second kappa shape index (κ2) is 8.91. The molecule has 4 rings (SSSR count). The highest BCUT2D eigenvalue weighted by Crippen LogP contribution is 2.29. The summed E-state index contributed by atoms with van der Waals surface area (Å²) in [7, 11) is 0. The molecule has 154 valence electrons. The maximum Gasteiger partial charge on any atom is 0.231 e. The average molecular weight is 479 g/mol. The first-order valence-electron chi connectivity index (χ1n) is 9.61. The standard InChI is InChI=1S/C20H23BrN4O3S/c1-13-8-16(2-3-17(13)21)25-10-14(9-18(25)26)19(27)23-20-22-15(12-29-20)11-24-4-6-28-7-5-24/h2-3,8,12,14H,4-7,9-11H2,1H3,(H,22,23,27). The van der Waals surface area contributed by atoms with Crippen LogP contribution in [-0.2, 0) is 20.9 Å². The van der Waals surface area contributed by atoms with Gasteiger partial charge in [0, 0.05) is 48.1 Å². The number of carbonyl (C=O) groups excluding carboxylic acids is 2. The van der Waals surface area contributed by atoms with E-state index in [0.29, 0.717) is 11.7 Å². The Hall–Kier alpha value is -1.81. The Morgan fingerprint density at radius 2 is 2.17 bits per heavy atom. The monoisotopic (exact) mass is 478 g/mol. The number of amides is 2. The van der Waals surface area contributed by atoms with Crippen LogP contribution >= 0.6 is 27.3 Å². The second-order valence-corrected chi connectivity index (χ2v) is 9.07. The number of nitrogens with zero attached hydrogens (tertiary/aromatic N) is 3. The third kappa shape index (κ3) is 4.85. The summed E-state index contributed by atoms with van der Waals surface area (Å²) in [6, 6.07) is 5.78. The molecule has 0 aliphatic carbocycles. The largest absolute Gasteiger partial charge is 0.379 e. The van der Waals surface area contributed by atoms with Crippen LogP contribution < -0.4 is 10.2 Å². The van der Waals surface area contributed by atoms with Crippen LogP contribution in [0.15, 0.2) is 28.1 Å². The molecular weight excluding hydrogens is 456 g/mol. The molecule has 9 heteroatoms. The molecule has 3 heterocycles. The summed E-state index contributed by atoms with van der Waals surface area (Å²) in [4.78, 5) is 33.7. The predicted octanol–water partition coefficient (Wildman–Crippen LogP) is 3.04. The topological polar surface area (TPSA) is 74.8 Å². The van der Waals surface area contributed by atoms with Crippen LogP contribution in [0.2, 0.25) is 0 Å². The van der Waals surface area contributed by atoms with E-state index in [2.05, 4.69) is 31.1 Å². The van der Waals surface area contributed by atoms with Crippen LogP contribution in [0.3, 0.4) is 0 Å². The number of carbonyl (C=O) groups is 2. The van der Waals surface area contributed by atoms with Crippen molar-refractivity contribution >= 4 is 49.9 Å². The summed E-state index contributed by atoms with van der Waals surface area (Å²) in [6.45, 7) is 6.42. The van der Waals surface area contributed by atoms with Crippen LogP contribution in [0.25, 0.3) is 0 Å². The Labute approximate surface area is 182 Å². The highest BCUT2D eigenvalue weighted by Gasteiger charge is 2.35. The zero-order valence-electron chi connectivity index (χ0n) is 16.2. The lowest BCUT2D eigenvalue weighted by Crippen LogP contribution is -2.35. The minimum Gasteiger partial charge on any atom is -0.379 e. The van der Waals surface area contributed by atoms with Gasteiger partial charge in [-0.1, -0.05) is 15.9 Å². The van der Waals surface area contributed by atoms with E-state index >= 15 is 0 Å². The van der Waals surface area contributed by atoms with Crippen molar-refractivity contribution in [3.05, 3.63) is 39.3 Å². The normalized spacial score (nSPS) is 20.3. The van der Waals surface area contributed by atoms with Crippen LogP contribution in [-0.4, -0.2) is 54.5 Å². The van der Waals surface area contributed by atoms with Crippen LogP contribution in [0.1, 0.15) is 17.7 Å². The number of morpholine rings is 1. The molecule has 2 fully saturated rings. The van der Waals surface area contributed by atoms with Crippen molar-refractivity contribution in [2.75, 3.05) is 43.1 Å². The fraction of sp³-hybridized carbons (Fsp3) is 0.450. The van der Waals surface area contributed by atoms with Gasteiger partial charge in [0.1, 0.15) is 0 Å². The molecule has 1 atom stereocenters. The van der Waals surface area contributed by atoms with Gasteiger partial charge in [0.05, 0.1) is 24.8 Å². The van der Waals surface area contributed by atoms with Crippen molar-refractivity contribution in [1.82, 2.24) is 9.88 Å². The first-order valence-corrected chi connectivity index (χ1v) is 11.3. The maximum absolute atomic E-state index is 12.7. The second-order valence-electron chi connectivity index (χ2n) is 7.36. The molecule has 0 bridgehead atoms. The third-order valence-electron chi connectivity index (χ3n) is 5.22. The van der Waals surface area contributed by atoms with Gasteiger partial charge < -0.3 is 15.0 Å². The van der Waals surface area contributed by atoms with Crippen molar-refractivity contribution in [2.24, 2.45) is 5.92 Å². The van der Waals surface area contributed by atoms with E-state index in [0.717, 1.165) is 54.3 Å². The zero-order valence-corrected chi connectivity index (χ0v) is 18.6. The van der Waals surface area contributed by atoms with Gasteiger partial charge in [-0.25, -0.2) is 4.98 Å². The quantitative estimate of drug-likeness (QED) is 0.714. The van der Waals surface area contributed by atoms with Gasteiger partial charge in [-0.05, 0) is 30.7 Å². The first kappa shape index (κ1) is 20.5. The first-order chi connectivity index (χ1) is 14.0. The van der Waals surface area contributed by atoms with Crippen molar-refractivity contribution < 1.29 is 14.3 Å². The van der Waals surface area contributed by atoms with Gasteiger partial charge in [0.2, 0.25) is 11.8 Å². The summed E-state index contributed by atoms with van der Waals surface area (Å²) >= 11 is 4.90. The van der Waals surface area contributed by atoms with E-state index in [1.807, 2.05) is 30.5 Å². The number of aryl methyl sites for hydroxylation is 1. The zero-order chi connectivity index (χ0) is 20.4. The maximum atomic E-state index is 12.7. The predicted molar refractivity (Wildman–Crippen MR) is 116 cm³/mol. The van der Waals surface area contributed by atoms with Crippen molar-refractivity contribution in [3.63, 3.8) is 0 Å². The van der Waals surface area contributed by atoms with E-state index in [1.54, 1.807) is 4.90 Å². The Kier molecular flexibility index (Phi) is 6.29. The fourth-order valence-electron chi connectivity index (χ4n) is 3.56. The highest BCUT2D eigenvalue weighted by molar-refractivity contribution is 9.10. The van der Waals surface area contributed by atoms with E-state index in [-0.39, 0.29) is 24.2 Å². The minimum absolute atomic E-state index is 0.0287. The molecule has 29 heavy (non-hydrogen) atoms. The highest BCUT2D eigenvalue weighted by atomic mass is 79.9. The van der Waals surface area contributed by atoms with Gasteiger partial charge in [0.25, 0.3) is 0 Å². The average Bonchev–Trinajstić information content (AvgIpc) is 3.31. The van der Waals surface area contributed by atoms with E-state index in [1.165, 1.54) is 11.3 Å². The fourth-order valence-corrected chi connectivity index (χ4v) is 4.51. The number of halogens is 1. The number of hydrogen-bond acceptors (Lipinski definition) is 6. The Balaban J connectivity index is 1.35. The van der Waals surface area contributed by atoms with E-state index < -0.39 is 0 Å². The van der Waals surface area contributed by atoms with Gasteiger partial charge in [-0.2, -0.15) is 0 Å². The summed E-state index contributed by atoms with van der Waals surface area (Å²) in [5.74, 6) is -0.556. The molecule has 2 aromatic rings. The summed E-state index contributed by atoms with van der Waals surface area (Å²) in [6.07, 6.45) is 0.215. The smallest absolute Gasteiger partial charge is 0.231 e.